The van der Waals surface area contributed by atoms with Crippen molar-refractivity contribution in [2.75, 3.05) is 0 Å². The molecule has 1 unspecified atom stereocenters. The van der Waals surface area contributed by atoms with Crippen LogP contribution < -0.4 is 0 Å². The van der Waals surface area contributed by atoms with Crippen molar-refractivity contribution in [2.24, 2.45) is 0 Å². The summed E-state index contributed by atoms with van der Waals surface area (Å²) in [6.07, 6.45) is 20.6. The van der Waals surface area contributed by atoms with Crippen molar-refractivity contribution in [2.45, 2.75) is 142 Å². The fourth-order valence-electron chi connectivity index (χ4n) is 3.18. The third-order valence-electron chi connectivity index (χ3n) is 5.11. The summed E-state index contributed by atoms with van der Waals surface area (Å²) in [5.74, 6) is -1.76. The summed E-state index contributed by atoms with van der Waals surface area (Å²) in [4.78, 5) is 20.4. The highest BCUT2D eigenvalue weighted by Gasteiger charge is 2.11. The molecule has 3 N–H and O–H groups in total. The number of carboxylic acid groups (broad SMARTS) is 2. The number of rotatable bonds is 20. The molecule has 5 nitrogen and oxygen atoms in total. The molecule has 0 fully saturated rings. The lowest BCUT2D eigenvalue weighted by atomic mass is 10.0. The minimum Gasteiger partial charge on any atom is -0.481 e. The van der Waals surface area contributed by atoms with E-state index >= 15 is 0 Å². The molecule has 0 rings (SSSR count). The van der Waals surface area contributed by atoms with E-state index in [9.17, 15) is 9.59 Å². The number of aliphatic hydroxyl groups is 1. The maximum Gasteiger partial charge on any atom is 0.332 e. The van der Waals surface area contributed by atoms with E-state index in [1.807, 2.05) is 0 Å². The first kappa shape index (κ1) is 30.1. The van der Waals surface area contributed by atoms with Gasteiger partial charge in [0, 0.05) is 6.42 Å². The zero-order chi connectivity index (χ0) is 22.2. The third-order valence-corrected chi connectivity index (χ3v) is 5.11. The fraction of sp³-hybridized carbons (Fsp3) is 0.917. The normalized spacial score (nSPS) is 11.6. The van der Waals surface area contributed by atoms with Crippen LogP contribution in [-0.4, -0.2) is 33.4 Å². The lowest BCUT2D eigenvalue weighted by Gasteiger charge is -2.03. The fourth-order valence-corrected chi connectivity index (χ4v) is 3.18. The Labute approximate surface area is 179 Å². The maximum absolute atomic E-state index is 10.3. The molecule has 0 amide bonds. The van der Waals surface area contributed by atoms with E-state index in [2.05, 4.69) is 13.8 Å². The van der Waals surface area contributed by atoms with Gasteiger partial charge >= 0.3 is 11.9 Å². The second kappa shape index (κ2) is 24.9. The van der Waals surface area contributed by atoms with Crippen LogP contribution in [0.15, 0.2) is 0 Å². The first-order valence-electron chi connectivity index (χ1n) is 12.1. The van der Waals surface area contributed by atoms with Gasteiger partial charge < -0.3 is 15.3 Å². The van der Waals surface area contributed by atoms with Crippen molar-refractivity contribution in [1.29, 1.82) is 0 Å². The van der Waals surface area contributed by atoms with Crippen LogP contribution in [0.4, 0.5) is 0 Å². The van der Waals surface area contributed by atoms with Crippen molar-refractivity contribution >= 4 is 11.9 Å². The summed E-state index contributed by atoms with van der Waals surface area (Å²) in [5.41, 5.74) is 0. The molecule has 29 heavy (non-hydrogen) atoms. The molecule has 0 bridgehead atoms. The van der Waals surface area contributed by atoms with Gasteiger partial charge in [-0.25, -0.2) is 4.79 Å². The van der Waals surface area contributed by atoms with E-state index < -0.39 is 18.0 Å². The lowest BCUT2D eigenvalue weighted by Crippen LogP contribution is -2.18. The Kier molecular flexibility index (Phi) is 25.9. The van der Waals surface area contributed by atoms with E-state index in [1.165, 1.54) is 70.6 Å². The second-order valence-electron chi connectivity index (χ2n) is 8.09. The second-order valence-corrected chi connectivity index (χ2v) is 8.09. The van der Waals surface area contributed by atoms with E-state index in [1.54, 1.807) is 0 Å². The number of aliphatic carboxylic acids is 2. The number of carboxylic acids is 2. The Morgan fingerprint density at radius 2 is 0.931 bits per heavy atom. The zero-order valence-corrected chi connectivity index (χ0v) is 19.2. The van der Waals surface area contributed by atoms with Gasteiger partial charge in [-0.3, -0.25) is 4.79 Å². The molecule has 0 saturated heterocycles. The summed E-state index contributed by atoms with van der Waals surface area (Å²) < 4.78 is 0. The topological polar surface area (TPSA) is 94.8 Å². The smallest absolute Gasteiger partial charge is 0.332 e. The average Bonchev–Trinajstić information content (AvgIpc) is 2.69. The van der Waals surface area contributed by atoms with Crippen molar-refractivity contribution < 1.29 is 24.9 Å². The van der Waals surface area contributed by atoms with Crippen molar-refractivity contribution in [1.82, 2.24) is 0 Å². The first-order chi connectivity index (χ1) is 14.0. The van der Waals surface area contributed by atoms with Crippen LogP contribution in [0.5, 0.6) is 0 Å². The molecular formula is C24H48O5. The van der Waals surface area contributed by atoms with Crippen LogP contribution in [0, 0.1) is 0 Å². The van der Waals surface area contributed by atoms with Gasteiger partial charge in [0.05, 0.1) is 0 Å². The third kappa shape index (κ3) is 29.2. The molecule has 0 aliphatic rings. The molecule has 5 heteroatoms. The van der Waals surface area contributed by atoms with Gasteiger partial charge in [0.25, 0.3) is 0 Å². The maximum atomic E-state index is 10.3. The highest BCUT2D eigenvalue weighted by molar-refractivity contribution is 5.71. The Morgan fingerprint density at radius 3 is 1.28 bits per heavy atom. The van der Waals surface area contributed by atoms with Gasteiger partial charge in [-0.2, -0.15) is 0 Å². The minimum atomic E-state index is -1.16. The molecule has 0 heterocycles. The van der Waals surface area contributed by atoms with Crippen LogP contribution in [0.25, 0.3) is 0 Å². The molecule has 0 radical (unpaired) electrons. The molecule has 0 aliphatic carbocycles. The molecule has 0 aromatic rings. The monoisotopic (exact) mass is 416 g/mol. The van der Waals surface area contributed by atoms with E-state index in [-0.39, 0.29) is 0 Å². The molecule has 0 aromatic heterocycles. The largest absolute Gasteiger partial charge is 0.481 e. The Balaban J connectivity index is 0. The van der Waals surface area contributed by atoms with E-state index in [4.69, 9.17) is 15.3 Å². The lowest BCUT2D eigenvalue weighted by molar-refractivity contribution is -0.147. The zero-order valence-electron chi connectivity index (χ0n) is 19.2. The molecule has 1 atom stereocenters. The summed E-state index contributed by atoms with van der Waals surface area (Å²) in [7, 11) is 0. The van der Waals surface area contributed by atoms with Gasteiger partial charge in [0.1, 0.15) is 0 Å². The number of hydrogen-bond donors (Lipinski definition) is 3. The van der Waals surface area contributed by atoms with Crippen molar-refractivity contribution in [3.8, 4) is 0 Å². The molecule has 174 valence electrons. The van der Waals surface area contributed by atoms with Gasteiger partial charge in [-0.05, 0) is 12.8 Å². The van der Waals surface area contributed by atoms with Crippen LogP contribution >= 0.6 is 0 Å². The van der Waals surface area contributed by atoms with Gasteiger partial charge in [-0.1, -0.05) is 117 Å². The SMILES string of the molecule is CCCCCCC(O)C(=O)O.CCCCCCCCCCCCCCCC(=O)O. The summed E-state index contributed by atoms with van der Waals surface area (Å²) in [6.45, 7) is 4.35. The number of unbranched alkanes of at least 4 members (excludes halogenated alkanes) is 15. The van der Waals surface area contributed by atoms with Crippen LogP contribution in [0.2, 0.25) is 0 Å². The Morgan fingerprint density at radius 1 is 0.586 bits per heavy atom. The van der Waals surface area contributed by atoms with E-state index in [0.29, 0.717) is 12.8 Å². The summed E-state index contributed by atoms with van der Waals surface area (Å²) >= 11 is 0. The number of aliphatic hydroxyl groups excluding tert-OH is 1. The van der Waals surface area contributed by atoms with Gasteiger partial charge in [0.2, 0.25) is 0 Å². The Bertz CT molecular complexity index is 357. The van der Waals surface area contributed by atoms with Gasteiger partial charge in [-0.15, -0.1) is 0 Å². The summed E-state index contributed by atoms with van der Waals surface area (Å²) in [6, 6.07) is 0. The molecule has 0 aliphatic heterocycles. The minimum absolute atomic E-state index is 0.345. The van der Waals surface area contributed by atoms with Gasteiger partial charge in [0.15, 0.2) is 6.10 Å². The quantitative estimate of drug-likeness (QED) is 0.187. The molecular weight excluding hydrogens is 368 g/mol. The van der Waals surface area contributed by atoms with Crippen molar-refractivity contribution in [3.05, 3.63) is 0 Å². The summed E-state index contributed by atoms with van der Waals surface area (Å²) in [5, 5.41) is 25.6. The molecule has 0 spiro atoms. The van der Waals surface area contributed by atoms with Crippen LogP contribution in [-0.2, 0) is 9.59 Å². The number of carbonyl (C=O) groups is 2. The predicted molar refractivity (Wildman–Crippen MR) is 120 cm³/mol. The molecule has 0 aromatic carbocycles. The number of hydrogen-bond acceptors (Lipinski definition) is 3. The van der Waals surface area contributed by atoms with E-state index in [0.717, 1.165) is 38.5 Å². The van der Waals surface area contributed by atoms with Crippen LogP contribution in [0.3, 0.4) is 0 Å². The predicted octanol–water partition coefficient (Wildman–Crippen LogP) is 6.95. The van der Waals surface area contributed by atoms with Crippen molar-refractivity contribution in [3.63, 3.8) is 0 Å². The Hall–Kier alpha value is -1.10. The highest BCUT2D eigenvalue weighted by atomic mass is 16.4. The highest BCUT2D eigenvalue weighted by Crippen LogP contribution is 2.12. The average molecular weight is 417 g/mol. The van der Waals surface area contributed by atoms with Crippen LogP contribution in [0.1, 0.15) is 136 Å². The first-order valence-corrected chi connectivity index (χ1v) is 12.1. The molecule has 0 saturated carbocycles. The standard InChI is InChI=1S/C16H32O2.C8H16O3/c1-2-3-4-5-6-7-8-9-10-11-12-13-14-15-16(17)18;1-2-3-4-5-6-7(9)8(10)11/h2-15H2,1H3,(H,17,18);7,9H,2-6H2,1H3,(H,10,11).